The summed E-state index contributed by atoms with van der Waals surface area (Å²) in [6.45, 7) is 0. The van der Waals surface area contributed by atoms with Crippen molar-refractivity contribution in [3.63, 3.8) is 0 Å². The fraction of sp³-hybridized carbons (Fsp3) is 0.0714. The molecule has 0 radical (unpaired) electrons. The van der Waals surface area contributed by atoms with Gasteiger partial charge in [-0.1, -0.05) is 12.1 Å². The standard InChI is InChI=1S/C14H11IO3/c1-18-11-8-6-10(7-9-11)15-13-5-3-2-4-12(13)14(16)17/h2-9H,1H3. The van der Waals surface area contributed by atoms with E-state index in [0.29, 0.717) is 5.56 Å². The molecule has 0 spiro atoms. The molecular weight excluding hydrogens is 343 g/mol. The van der Waals surface area contributed by atoms with Crippen LogP contribution in [-0.2, 0) is 0 Å². The van der Waals surface area contributed by atoms with Gasteiger partial charge in [0.05, 0.1) is 18.6 Å². The van der Waals surface area contributed by atoms with Gasteiger partial charge in [0, 0.05) is 0 Å². The van der Waals surface area contributed by atoms with E-state index in [1.165, 1.54) is 0 Å². The summed E-state index contributed by atoms with van der Waals surface area (Å²) < 4.78 is 7.09. The molecule has 0 bridgehead atoms. The highest BCUT2D eigenvalue weighted by Gasteiger charge is 2.19. The van der Waals surface area contributed by atoms with Crippen molar-refractivity contribution in [3.8, 4) is 5.75 Å². The lowest BCUT2D eigenvalue weighted by Gasteiger charge is -2.01. The molecule has 0 saturated carbocycles. The van der Waals surface area contributed by atoms with Crippen molar-refractivity contribution in [3.05, 3.63) is 61.2 Å². The molecule has 0 N–H and O–H groups in total. The number of halogens is 1. The van der Waals surface area contributed by atoms with Crippen LogP contribution in [0, 0.1) is 7.14 Å². The number of carboxylic acids is 1. The van der Waals surface area contributed by atoms with Crippen LogP contribution in [0.1, 0.15) is 10.4 Å². The fourth-order valence-corrected chi connectivity index (χ4v) is 3.93. The minimum absolute atomic E-state index is 0.293. The Hall–Kier alpha value is -1.56. The number of carbonyl (C=O) groups excluding carboxylic acids is 1. The van der Waals surface area contributed by atoms with E-state index in [2.05, 4.69) is 0 Å². The minimum Gasteiger partial charge on any atom is -0.545 e. The van der Waals surface area contributed by atoms with Crippen LogP contribution in [0.3, 0.4) is 0 Å². The van der Waals surface area contributed by atoms with E-state index in [4.69, 9.17) is 4.74 Å². The summed E-state index contributed by atoms with van der Waals surface area (Å²) in [4.78, 5) is 11.0. The SMILES string of the molecule is COc1ccc([I+]c2ccccc2C(=O)[O-])cc1. The minimum atomic E-state index is -1.11. The maximum Gasteiger partial charge on any atom is 0.358 e. The van der Waals surface area contributed by atoms with Crippen molar-refractivity contribution in [1.82, 2.24) is 0 Å². The molecule has 92 valence electrons. The predicted octanol–water partition coefficient (Wildman–Crippen LogP) is -1.81. The third-order valence-corrected chi connectivity index (χ3v) is 5.22. The number of rotatable bonds is 4. The summed E-state index contributed by atoms with van der Waals surface area (Å²) in [5.74, 6) is -0.310. The van der Waals surface area contributed by atoms with Crippen LogP contribution in [0.15, 0.2) is 48.5 Å². The van der Waals surface area contributed by atoms with Crippen molar-refractivity contribution in [2.75, 3.05) is 7.11 Å². The first-order valence-electron chi connectivity index (χ1n) is 5.30. The van der Waals surface area contributed by atoms with E-state index < -0.39 is 27.2 Å². The predicted molar refractivity (Wildman–Crippen MR) is 61.2 cm³/mol. The van der Waals surface area contributed by atoms with Crippen LogP contribution < -0.4 is 31.0 Å². The van der Waals surface area contributed by atoms with Crippen LogP contribution in [0.4, 0.5) is 0 Å². The summed E-state index contributed by atoms with van der Waals surface area (Å²) >= 11 is -0.521. The van der Waals surface area contributed by atoms with Crippen LogP contribution in [-0.4, -0.2) is 13.1 Å². The van der Waals surface area contributed by atoms with Gasteiger partial charge >= 0.3 is 21.2 Å². The van der Waals surface area contributed by atoms with Gasteiger partial charge in [0.2, 0.25) is 3.57 Å². The molecule has 2 aromatic rings. The number of hydrogen-bond donors (Lipinski definition) is 0. The van der Waals surface area contributed by atoms with Crippen LogP contribution >= 0.6 is 0 Å². The van der Waals surface area contributed by atoms with E-state index in [-0.39, 0.29) is 0 Å². The van der Waals surface area contributed by atoms with Crippen molar-refractivity contribution in [2.24, 2.45) is 0 Å². The molecule has 2 aromatic carbocycles. The van der Waals surface area contributed by atoms with Gasteiger partial charge in [-0.25, -0.2) is 0 Å². The molecule has 0 atom stereocenters. The average molecular weight is 354 g/mol. The molecule has 4 heteroatoms. The first kappa shape index (κ1) is 12.9. The molecule has 3 nitrogen and oxygen atoms in total. The van der Waals surface area contributed by atoms with Crippen molar-refractivity contribution in [1.29, 1.82) is 0 Å². The second-order valence-electron chi connectivity index (χ2n) is 3.52. The highest BCUT2D eigenvalue weighted by Crippen LogP contribution is 2.06. The van der Waals surface area contributed by atoms with Gasteiger partial charge in [-0.05, 0) is 36.4 Å². The average Bonchev–Trinajstić information content (AvgIpc) is 2.40. The Morgan fingerprint density at radius 2 is 1.78 bits per heavy atom. The van der Waals surface area contributed by atoms with E-state index in [1.807, 2.05) is 36.4 Å². The van der Waals surface area contributed by atoms with Gasteiger partial charge in [-0.2, -0.15) is 0 Å². The number of carbonyl (C=O) groups is 1. The highest BCUT2D eigenvalue weighted by molar-refractivity contribution is 5.85. The second kappa shape index (κ2) is 5.86. The summed E-state index contributed by atoms with van der Waals surface area (Å²) in [5.41, 5.74) is 0.293. The van der Waals surface area contributed by atoms with Gasteiger partial charge in [-0.3, -0.25) is 0 Å². The molecule has 0 unspecified atom stereocenters. The molecule has 0 aliphatic heterocycles. The first-order valence-corrected chi connectivity index (χ1v) is 7.45. The quantitative estimate of drug-likeness (QED) is 0.608. The molecule has 0 heterocycles. The van der Waals surface area contributed by atoms with Crippen LogP contribution in [0.2, 0.25) is 0 Å². The van der Waals surface area contributed by atoms with E-state index in [9.17, 15) is 9.90 Å². The molecule has 0 aliphatic carbocycles. The van der Waals surface area contributed by atoms with E-state index in [1.54, 1.807) is 19.2 Å². The summed E-state index contributed by atoms with van der Waals surface area (Å²) in [7, 11) is 1.62. The Bertz CT molecular complexity index is 549. The smallest absolute Gasteiger partial charge is 0.358 e. The third-order valence-electron chi connectivity index (χ3n) is 2.35. The number of aromatic carboxylic acids is 1. The molecule has 0 fully saturated rings. The number of ether oxygens (including phenoxy) is 1. The fourth-order valence-electron chi connectivity index (χ4n) is 1.46. The summed E-state index contributed by atoms with van der Waals surface area (Å²) in [6, 6.07) is 14.7. The Kier molecular flexibility index (Phi) is 4.19. The summed E-state index contributed by atoms with van der Waals surface area (Å²) in [5, 5.41) is 11.0. The maximum absolute atomic E-state index is 11.0. The largest absolute Gasteiger partial charge is 0.545 e. The zero-order valence-electron chi connectivity index (χ0n) is 9.72. The van der Waals surface area contributed by atoms with E-state index in [0.717, 1.165) is 12.9 Å². The number of hydrogen-bond acceptors (Lipinski definition) is 3. The first-order chi connectivity index (χ1) is 8.70. The molecule has 0 amide bonds. The van der Waals surface area contributed by atoms with Crippen molar-refractivity contribution < 1.29 is 35.8 Å². The molecule has 2 rings (SSSR count). The van der Waals surface area contributed by atoms with Crippen molar-refractivity contribution >= 4 is 5.97 Å². The van der Waals surface area contributed by atoms with Gasteiger partial charge in [0.25, 0.3) is 0 Å². The Balaban J connectivity index is 2.25. The zero-order valence-corrected chi connectivity index (χ0v) is 11.9. The van der Waals surface area contributed by atoms with Gasteiger partial charge < -0.3 is 14.6 Å². The summed E-state index contributed by atoms with van der Waals surface area (Å²) in [6.07, 6.45) is 0. The maximum atomic E-state index is 11.0. The lowest BCUT2D eigenvalue weighted by Crippen LogP contribution is -3.61. The molecular formula is C14H11IO3. The van der Waals surface area contributed by atoms with Gasteiger partial charge in [0.1, 0.15) is 5.75 Å². The lowest BCUT2D eigenvalue weighted by molar-refractivity contribution is -0.598. The lowest BCUT2D eigenvalue weighted by atomic mass is 10.2. The Labute approximate surface area is 116 Å². The topological polar surface area (TPSA) is 49.4 Å². The monoisotopic (exact) mass is 354 g/mol. The second-order valence-corrected chi connectivity index (χ2v) is 6.47. The molecule has 0 aromatic heterocycles. The third kappa shape index (κ3) is 3.01. The normalized spacial score (nSPS) is 10.1. The molecule has 0 aliphatic rings. The number of carboxylic acid groups (broad SMARTS) is 1. The number of methoxy groups -OCH3 is 1. The Morgan fingerprint density at radius 1 is 1.11 bits per heavy atom. The Morgan fingerprint density at radius 3 is 2.39 bits per heavy atom. The number of benzene rings is 2. The van der Waals surface area contributed by atoms with Crippen LogP contribution in [0.5, 0.6) is 5.75 Å². The molecule has 18 heavy (non-hydrogen) atoms. The zero-order chi connectivity index (χ0) is 13.0. The van der Waals surface area contributed by atoms with Gasteiger partial charge in [-0.15, -0.1) is 0 Å². The highest BCUT2D eigenvalue weighted by atomic mass is 127. The molecule has 0 saturated heterocycles. The van der Waals surface area contributed by atoms with Gasteiger partial charge in [0.15, 0.2) is 3.57 Å². The van der Waals surface area contributed by atoms with Crippen LogP contribution in [0.25, 0.3) is 0 Å². The van der Waals surface area contributed by atoms with E-state index >= 15 is 0 Å². The van der Waals surface area contributed by atoms with Crippen molar-refractivity contribution in [2.45, 2.75) is 0 Å².